The molecule has 68 valence electrons. The number of fused-ring (bicyclic) bond motifs is 1. The maximum Gasteiger partial charge on any atom is 1.00 e. The molecule has 0 aliphatic heterocycles. The molecule has 1 aromatic carbocycles. The summed E-state index contributed by atoms with van der Waals surface area (Å²) >= 11 is 8.26. The number of nitrogens with one attached hydrogen (secondary N) is 1. The van der Waals surface area contributed by atoms with Crippen molar-refractivity contribution in [2.24, 2.45) is 5.73 Å². The Hall–Kier alpha value is 0.506. The average Bonchev–Trinajstić information content (AvgIpc) is 2.49. The Morgan fingerprint density at radius 1 is 1.29 bits per heavy atom. The number of para-hydroxylation sites is 1. The molecule has 0 saturated heterocycles. The fourth-order valence-electron chi connectivity index (χ4n) is 0.995. The van der Waals surface area contributed by atoms with Gasteiger partial charge in [0.1, 0.15) is 0 Å². The third-order valence-electron chi connectivity index (χ3n) is 1.46. The second-order valence-electron chi connectivity index (χ2n) is 2.38. The summed E-state index contributed by atoms with van der Waals surface area (Å²) in [7, 11) is 0. The molecule has 0 bridgehead atoms. The van der Waals surface area contributed by atoms with Crippen LogP contribution in [-0.2, 0) is 12.6 Å². The number of hydrogen-bond donors (Lipinski definition) is 2. The number of rotatable bonds is 0. The molecule has 0 fully saturated rings. The zero-order valence-corrected chi connectivity index (χ0v) is 12.6. The molecule has 2 rings (SSSR count). The molecule has 14 heavy (non-hydrogen) atoms. The number of thiocarbonyl (C=S) groups is 1. The van der Waals surface area contributed by atoms with Crippen molar-refractivity contribution in [1.29, 1.82) is 0 Å². The minimum absolute atomic E-state index is 0. The molecule has 3 N–H and O–H groups in total. The Kier molecular flexibility index (Phi) is 8.03. The van der Waals surface area contributed by atoms with Crippen molar-refractivity contribution in [3.05, 3.63) is 36.5 Å². The van der Waals surface area contributed by atoms with Crippen LogP contribution in [0.1, 0.15) is 0 Å². The van der Waals surface area contributed by atoms with Gasteiger partial charge in [-0.3, -0.25) is 0 Å². The van der Waals surface area contributed by atoms with E-state index in [1.165, 1.54) is 10.9 Å². The molecule has 2 aromatic rings. The van der Waals surface area contributed by atoms with E-state index < -0.39 is 0 Å². The number of aromatic amines is 1. The van der Waals surface area contributed by atoms with E-state index in [-0.39, 0.29) is 55.7 Å². The van der Waals surface area contributed by atoms with Crippen LogP contribution in [0.15, 0.2) is 36.5 Å². The normalized spacial score (nSPS) is 8.29. The fourth-order valence-corrected chi connectivity index (χ4v) is 0.995. The van der Waals surface area contributed by atoms with E-state index in [9.17, 15) is 0 Å². The third-order valence-corrected chi connectivity index (χ3v) is 1.46. The standard InChI is InChI=1S/C8H7N.CH3NS2.K/c1-2-4-8-7(3-1)5-6-9-8;2-1(3)4;/h1-6,9H;(H3,2,3,4);/q;;+1/p-1. The maximum absolute atomic E-state index is 4.66. The van der Waals surface area contributed by atoms with Crippen molar-refractivity contribution in [2.75, 3.05) is 0 Å². The monoisotopic (exact) mass is 248 g/mol. The van der Waals surface area contributed by atoms with Crippen LogP contribution in [0.4, 0.5) is 0 Å². The van der Waals surface area contributed by atoms with Gasteiger partial charge in [-0.25, -0.2) is 0 Å². The van der Waals surface area contributed by atoms with Gasteiger partial charge >= 0.3 is 51.4 Å². The summed E-state index contributed by atoms with van der Waals surface area (Å²) < 4.78 is 0.0833. The van der Waals surface area contributed by atoms with Gasteiger partial charge in [-0.15, -0.1) is 0 Å². The first-order chi connectivity index (χ1) is 6.20. The summed E-state index contributed by atoms with van der Waals surface area (Å²) in [6.07, 6.45) is 1.95. The van der Waals surface area contributed by atoms with Crippen LogP contribution in [0, 0.1) is 0 Å². The van der Waals surface area contributed by atoms with Crippen LogP contribution in [0.5, 0.6) is 0 Å². The number of nitrogens with two attached hydrogens (primary N) is 1. The van der Waals surface area contributed by atoms with Crippen LogP contribution in [0.2, 0.25) is 0 Å². The van der Waals surface area contributed by atoms with Gasteiger partial charge in [-0.2, -0.15) is 0 Å². The second-order valence-corrected chi connectivity index (χ2v) is 3.52. The smallest absolute Gasteiger partial charge is 0.415 e. The van der Waals surface area contributed by atoms with Crippen LogP contribution >= 0.6 is 12.2 Å². The van der Waals surface area contributed by atoms with E-state index in [0.29, 0.717) is 0 Å². The molecule has 0 radical (unpaired) electrons. The Morgan fingerprint density at radius 2 is 1.86 bits per heavy atom. The minimum atomic E-state index is 0. The summed E-state index contributed by atoms with van der Waals surface area (Å²) in [5, 5.41) is 1.28. The molecule has 1 heterocycles. The molecule has 2 nitrogen and oxygen atoms in total. The first-order valence-electron chi connectivity index (χ1n) is 3.68. The molecular formula is C9H9KN2S2. The van der Waals surface area contributed by atoms with E-state index >= 15 is 0 Å². The molecule has 0 saturated carbocycles. The van der Waals surface area contributed by atoms with Crippen molar-refractivity contribution >= 4 is 40.1 Å². The van der Waals surface area contributed by atoms with Crippen LogP contribution < -0.4 is 57.1 Å². The summed E-state index contributed by atoms with van der Waals surface area (Å²) in [5.41, 5.74) is 5.86. The van der Waals surface area contributed by atoms with Gasteiger partial charge in [0, 0.05) is 11.7 Å². The predicted molar refractivity (Wildman–Crippen MR) is 62.4 cm³/mol. The van der Waals surface area contributed by atoms with Crippen molar-refractivity contribution in [2.45, 2.75) is 0 Å². The first-order valence-corrected chi connectivity index (χ1v) is 4.50. The van der Waals surface area contributed by atoms with Gasteiger partial charge in [0.15, 0.2) is 0 Å². The molecular weight excluding hydrogens is 239 g/mol. The van der Waals surface area contributed by atoms with E-state index in [0.717, 1.165) is 0 Å². The van der Waals surface area contributed by atoms with Crippen LogP contribution in [0.3, 0.4) is 0 Å². The minimum Gasteiger partial charge on any atom is -0.415 e. The number of hydrogen-bond acceptors (Lipinski definition) is 2. The maximum atomic E-state index is 4.66. The second kappa shape index (κ2) is 7.75. The summed E-state index contributed by atoms with van der Waals surface area (Å²) in [6.45, 7) is 0. The molecule has 5 heteroatoms. The molecule has 1 aromatic heterocycles. The number of aromatic nitrogens is 1. The quantitative estimate of drug-likeness (QED) is 0.355. The summed E-state index contributed by atoms with van der Waals surface area (Å²) in [6, 6.07) is 10.3. The Bertz CT molecular complexity index is 366. The average molecular weight is 248 g/mol. The Labute approximate surface area is 136 Å². The zero-order valence-electron chi connectivity index (χ0n) is 7.86. The Balaban J connectivity index is 0.000000299. The number of H-pyrrole nitrogens is 1. The topological polar surface area (TPSA) is 41.8 Å². The molecule has 0 spiro atoms. The van der Waals surface area contributed by atoms with Gasteiger partial charge in [0.2, 0.25) is 0 Å². The third kappa shape index (κ3) is 5.40. The van der Waals surface area contributed by atoms with Crippen molar-refractivity contribution in [3.8, 4) is 0 Å². The molecule has 0 atom stereocenters. The molecule has 0 unspecified atom stereocenters. The van der Waals surface area contributed by atoms with Crippen molar-refractivity contribution in [3.63, 3.8) is 0 Å². The van der Waals surface area contributed by atoms with E-state index in [4.69, 9.17) is 0 Å². The molecule has 0 aliphatic rings. The van der Waals surface area contributed by atoms with Crippen molar-refractivity contribution < 1.29 is 51.4 Å². The Morgan fingerprint density at radius 3 is 2.43 bits per heavy atom. The van der Waals surface area contributed by atoms with Gasteiger partial charge in [0.05, 0.1) is 0 Å². The van der Waals surface area contributed by atoms with Crippen molar-refractivity contribution in [1.82, 2.24) is 4.98 Å². The van der Waals surface area contributed by atoms with Crippen LogP contribution in [-0.4, -0.2) is 9.30 Å². The largest absolute Gasteiger partial charge is 1.00 e. The zero-order chi connectivity index (χ0) is 9.68. The van der Waals surface area contributed by atoms with E-state index in [2.05, 4.69) is 53.8 Å². The van der Waals surface area contributed by atoms with Gasteiger partial charge in [-0.1, -0.05) is 22.5 Å². The van der Waals surface area contributed by atoms with Gasteiger partial charge in [-0.05, 0) is 17.5 Å². The summed E-state index contributed by atoms with van der Waals surface area (Å²) in [4.78, 5) is 3.12. The van der Waals surface area contributed by atoms with Crippen LogP contribution in [0.25, 0.3) is 10.9 Å². The number of benzene rings is 1. The SMILES string of the molecule is NC(=S)[S-].[K+].c1ccc2[nH]ccc2c1. The van der Waals surface area contributed by atoms with E-state index in [1.54, 1.807) is 0 Å². The first kappa shape index (κ1) is 14.5. The van der Waals surface area contributed by atoms with Gasteiger partial charge in [0.25, 0.3) is 0 Å². The molecule has 0 amide bonds. The summed E-state index contributed by atoms with van der Waals surface area (Å²) in [5.74, 6) is 0. The van der Waals surface area contributed by atoms with E-state index in [1.807, 2.05) is 18.3 Å². The fraction of sp³-hybridized carbons (Fsp3) is 0. The molecule has 0 aliphatic carbocycles. The predicted octanol–water partition coefficient (Wildman–Crippen LogP) is -1.05. The van der Waals surface area contributed by atoms with Gasteiger partial charge < -0.3 is 35.6 Å².